The van der Waals surface area contributed by atoms with Crippen LogP contribution in [-0.2, 0) is 38.1 Å². The molecule has 0 aromatic heterocycles. The SMILES string of the molecule is CC1(C)[C@H]2CC[C@]3(C)[C@@H](C(=O)C=C4[C@H]5C[C@@](C)(C(=O)O)CC[C@]5(C)CC[C@]43C)[C@@]2(C)CC[C@H]1O[C@@H]1O[C@H](C(=O)O)[C@@H](O)[C@@H](O)[C@H]1O[C@@H]1O[C@H](C(=O)O)[C@@H](O)[C@@H](O)[C@H]1O. The van der Waals surface area contributed by atoms with E-state index in [9.17, 15) is 60.0 Å². The molecule has 5 aliphatic carbocycles. The van der Waals surface area contributed by atoms with Gasteiger partial charge in [0.25, 0.3) is 0 Å². The Morgan fingerprint density at radius 3 is 1.88 bits per heavy atom. The lowest BCUT2D eigenvalue weighted by molar-refractivity contribution is -0.371. The maximum Gasteiger partial charge on any atom is 0.335 e. The molecule has 326 valence electrons. The third kappa shape index (κ3) is 6.25. The average Bonchev–Trinajstić information content (AvgIpc) is 3.13. The molecular formula is C42H62O16. The Labute approximate surface area is 337 Å². The fraction of sp³-hybridized carbons (Fsp3) is 0.857. The number of carboxylic acid groups (broad SMARTS) is 3. The summed E-state index contributed by atoms with van der Waals surface area (Å²) in [7, 11) is 0. The number of aliphatic hydroxyl groups is 5. The maximum absolute atomic E-state index is 14.8. The number of ketones is 1. The van der Waals surface area contributed by atoms with E-state index < -0.39 is 107 Å². The number of aliphatic hydroxyl groups excluding tert-OH is 5. The minimum absolute atomic E-state index is 0.0217. The highest BCUT2D eigenvalue weighted by molar-refractivity contribution is 5.95. The van der Waals surface area contributed by atoms with E-state index in [0.717, 1.165) is 37.7 Å². The van der Waals surface area contributed by atoms with E-state index in [-0.39, 0.29) is 34.4 Å². The fourth-order valence-electron chi connectivity index (χ4n) is 13.4. The van der Waals surface area contributed by atoms with Crippen LogP contribution in [0.5, 0.6) is 0 Å². The Kier molecular flexibility index (Phi) is 10.7. The van der Waals surface area contributed by atoms with Gasteiger partial charge in [0.15, 0.2) is 30.6 Å². The van der Waals surface area contributed by atoms with Crippen LogP contribution in [0, 0.1) is 50.2 Å². The summed E-state index contributed by atoms with van der Waals surface area (Å²) in [6, 6.07) is 0. The van der Waals surface area contributed by atoms with Crippen molar-refractivity contribution in [3.8, 4) is 0 Å². The molecule has 0 radical (unpaired) electrons. The van der Waals surface area contributed by atoms with Crippen molar-refractivity contribution in [2.24, 2.45) is 50.2 Å². The van der Waals surface area contributed by atoms with Gasteiger partial charge in [0.1, 0.15) is 36.6 Å². The number of aliphatic carboxylic acids is 3. The first kappa shape index (κ1) is 43.5. The maximum atomic E-state index is 14.8. The number of ether oxygens (including phenoxy) is 4. The Morgan fingerprint density at radius 2 is 1.28 bits per heavy atom. The predicted molar refractivity (Wildman–Crippen MR) is 199 cm³/mol. The average molecular weight is 823 g/mol. The van der Waals surface area contributed by atoms with Crippen LogP contribution in [-0.4, -0.2) is 132 Å². The van der Waals surface area contributed by atoms with Gasteiger partial charge in [-0.15, -0.1) is 0 Å². The number of fused-ring (bicyclic) bond motifs is 7. The van der Waals surface area contributed by atoms with E-state index in [1.165, 1.54) is 0 Å². The standard InChI is InChI=1S/C42H62O16/c1-37(2)21-8-11-42(7)31(20(43)16-18-19-17-39(4,36(53)54)13-12-38(19,3)14-15-41(18,42)6)40(21,5)10-9-22(37)55-35-30(26(47)25(46)29(57-35)33(51)52)58-34-27(48)23(44)24(45)28(56-34)32(49)50/h16,19,21-31,34-35,44-48H,8-15,17H2,1-7H3,(H,49,50)(H,51,52)(H,53,54)/t19-,21-,22-,23-,24+,25+,26-,27-,28+,29+,30-,31+,34+,35-,38-,39+,40+,41-,42-/m1/s1. The zero-order valence-corrected chi connectivity index (χ0v) is 34.4. The summed E-state index contributed by atoms with van der Waals surface area (Å²) >= 11 is 0. The van der Waals surface area contributed by atoms with E-state index in [0.29, 0.717) is 25.7 Å². The van der Waals surface area contributed by atoms with Crippen molar-refractivity contribution in [1.82, 2.24) is 0 Å². The highest BCUT2D eigenvalue weighted by Gasteiger charge is 2.71. The molecule has 0 amide bonds. The first-order chi connectivity index (χ1) is 26.8. The van der Waals surface area contributed by atoms with Gasteiger partial charge in [0, 0.05) is 5.92 Å². The Hall–Kier alpha value is -2.54. The van der Waals surface area contributed by atoms with Gasteiger partial charge in [-0.25, -0.2) is 9.59 Å². The summed E-state index contributed by atoms with van der Waals surface area (Å²) in [5.74, 6) is -4.47. The van der Waals surface area contributed by atoms with Crippen molar-refractivity contribution in [1.29, 1.82) is 0 Å². The Balaban J connectivity index is 1.17. The van der Waals surface area contributed by atoms with E-state index in [1.807, 2.05) is 26.8 Å². The van der Waals surface area contributed by atoms with Crippen LogP contribution < -0.4 is 0 Å². The third-order valence-electron chi connectivity index (χ3n) is 17.2. The van der Waals surface area contributed by atoms with Crippen LogP contribution in [0.25, 0.3) is 0 Å². The Morgan fingerprint density at radius 1 is 0.690 bits per heavy atom. The normalized spacial score (nSPS) is 52.6. The lowest BCUT2D eigenvalue weighted by atomic mass is 9.33. The summed E-state index contributed by atoms with van der Waals surface area (Å²) < 4.78 is 23.4. The van der Waals surface area contributed by atoms with Gasteiger partial charge in [-0.2, -0.15) is 0 Å². The second-order valence-corrected chi connectivity index (χ2v) is 20.6. The predicted octanol–water partition coefficient (Wildman–Crippen LogP) is 2.25. The van der Waals surface area contributed by atoms with E-state index >= 15 is 0 Å². The zero-order chi connectivity index (χ0) is 42.9. The van der Waals surface area contributed by atoms with Crippen molar-refractivity contribution in [2.45, 2.75) is 174 Å². The fourth-order valence-corrected chi connectivity index (χ4v) is 13.4. The van der Waals surface area contributed by atoms with Gasteiger partial charge in [0.05, 0.1) is 11.5 Å². The molecule has 16 nitrogen and oxygen atoms in total. The molecule has 6 fully saturated rings. The van der Waals surface area contributed by atoms with E-state index in [2.05, 4.69) is 27.7 Å². The molecule has 2 saturated heterocycles. The van der Waals surface area contributed by atoms with Gasteiger partial charge in [-0.1, -0.05) is 47.1 Å². The smallest absolute Gasteiger partial charge is 0.335 e. The third-order valence-corrected chi connectivity index (χ3v) is 17.2. The lowest BCUT2D eigenvalue weighted by Gasteiger charge is -2.70. The molecular weight excluding hydrogens is 760 g/mol. The summed E-state index contributed by atoms with van der Waals surface area (Å²) in [4.78, 5) is 51.3. The monoisotopic (exact) mass is 822 g/mol. The van der Waals surface area contributed by atoms with Crippen LogP contribution in [0.4, 0.5) is 0 Å². The summed E-state index contributed by atoms with van der Waals surface area (Å²) in [6.07, 6.45) is -12.2. The van der Waals surface area contributed by atoms with Crippen molar-refractivity contribution in [3.63, 3.8) is 0 Å². The van der Waals surface area contributed by atoms with E-state index in [1.54, 1.807) is 0 Å². The molecule has 0 spiro atoms. The largest absolute Gasteiger partial charge is 0.481 e. The second-order valence-electron chi connectivity index (χ2n) is 20.6. The van der Waals surface area contributed by atoms with Crippen molar-refractivity contribution >= 4 is 23.7 Å². The van der Waals surface area contributed by atoms with Crippen molar-refractivity contribution in [3.05, 3.63) is 11.6 Å². The molecule has 7 rings (SSSR count). The molecule has 0 bridgehead atoms. The summed E-state index contributed by atoms with van der Waals surface area (Å²) in [6.45, 7) is 14.8. The minimum atomic E-state index is -2.05. The molecule has 0 aromatic rings. The van der Waals surface area contributed by atoms with Gasteiger partial charge < -0.3 is 59.8 Å². The highest BCUT2D eigenvalue weighted by atomic mass is 16.8. The van der Waals surface area contributed by atoms with Gasteiger partial charge in [0.2, 0.25) is 0 Å². The molecule has 58 heavy (non-hydrogen) atoms. The van der Waals surface area contributed by atoms with Crippen LogP contribution in [0.1, 0.15) is 106 Å². The number of allylic oxidation sites excluding steroid dienone is 2. The number of carbonyl (C=O) groups excluding carboxylic acids is 1. The summed E-state index contributed by atoms with van der Waals surface area (Å²) in [5.41, 5.74) is -1.81. The molecule has 8 N–H and O–H groups in total. The number of hydrogen-bond donors (Lipinski definition) is 8. The minimum Gasteiger partial charge on any atom is -0.481 e. The van der Waals surface area contributed by atoms with Gasteiger partial charge in [-0.3, -0.25) is 9.59 Å². The lowest BCUT2D eigenvalue weighted by Crippen LogP contribution is -2.68. The molecule has 7 aliphatic rings. The quantitative estimate of drug-likeness (QED) is 0.171. The highest BCUT2D eigenvalue weighted by Crippen LogP contribution is 2.75. The summed E-state index contributed by atoms with van der Waals surface area (Å²) in [5, 5.41) is 83.0. The molecule has 16 heteroatoms. The number of rotatable bonds is 7. The van der Waals surface area contributed by atoms with E-state index in [4.69, 9.17) is 18.9 Å². The van der Waals surface area contributed by atoms with Gasteiger partial charge in [-0.05, 0) is 110 Å². The Bertz CT molecular complexity index is 1730. The second kappa shape index (κ2) is 14.3. The van der Waals surface area contributed by atoms with Crippen LogP contribution in [0.3, 0.4) is 0 Å². The number of carboxylic acids is 3. The van der Waals surface area contributed by atoms with Crippen LogP contribution in [0.15, 0.2) is 11.6 Å². The topological polar surface area (TPSA) is 267 Å². The van der Waals surface area contributed by atoms with Crippen LogP contribution in [0.2, 0.25) is 0 Å². The first-order valence-corrected chi connectivity index (χ1v) is 20.7. The van der Waals surface area contributed by atoms with Gasteiger partial charge >= 0.3 is 17.9 Å². The molecule has 2 heterocycles. The molecule has 0 unspecified atom stereocenters. The first-order valence-electron chi connectivity index (χ1n) is 20.7. The molecule has 0 aromatic carbocycles. The zero-order valence-electron chi connectivity index (χ0n) is 34.4. The molecule has 4 saturated carbocycles. The molecule has 2 aliphatic heterocycles. The molecule has 19 atom stereocenters. The number of hydrogen-bond acceptors (Lipinski definition) is 13. The van der Waals surface area contributed by atoms with Crippen molar-refractivity contribution in [2.75, 3.05) is 0 Å². The van der Waals surface area contributed by atoms with Crippen LogP contribution >= 0.6 is 0 Å². The van der Waals surface area contributed by atoms with Crippen molar-refractivity contribution < 1.29 is 79.0 Å². The number of carbonyl (C=O) groups is 4.